The maximum absolute atomic E-state index is 12.4. The van der Waals surface area contributed by atoms with Crippen LogP contribution >= 0.6 is 12.4 Å². The first-order valence-electron chi connectivity index (χ1n) is 8.56. The van der Waals surface area contributed by atoms with Crippen molar-refractivity contribution in [2.45, 2.75) is 31.8 Å². The van der Waals surface area contributed by atoms with Gasteiger partial charge in [-0.25, -0.2) is 0 Å². The summed E-state index contributed by atoms with van der Waals surface area (Å²) in [5.41, 5.74) is 8.01. The summed E-state index contributed by atoms with van der Waals surface area (Å²) in [6.07, 6.45) is 4.12. The topological polar surface area (TPSA) is 82.8 Å². The van der Waals surface area contributed by atoms with E-state index in [9.17, 15) is 4.79 Å². The van der Waals surface area contributed by atoms with E-state index in [1.165, 1.54) is 0 Å². The second-order valence-electron chi connectivity index (χ2n) is 6.18. The molecule has 1 atom stereocenters. The maximum Gasteiger partial charge on any atom is 0.237 e. The molecule has 0 saturated carbocycles. The van der Waals surface area contributed by atoms with Crippen LogP contribution in [0.15, 0.2) is 24.8 Å². The minimum atomic E-state index is -0.503. The van der Waals surface area contributed by atoms with Crippen LogP contribution in [0.25, 0.3) is 0 Å². The van der Waals surface area contributed by atoms with Gasteiger partial charge in [0.1, 0.15) is 0 Å². The molecule has 1 aliphatic rings. The highest BCUT2D eigenvalue weighted by Crippen LogP contribution is 2.33. The summed E-state index contributed by atoms with van der Waals surface area (Å²) in [4.78, 5) is 12.4. The number of rotatable bonds is 8. The highest BCUT2D eigenvalue weighted by molar-refractivity contribution is 5.85. The normalized spacial score (nSPS) is 15.5. The maximum atomic E-state index is 12.4. The van der Waals surface area contributed by atoms with Crippen molar-refractivity contribution < 1.29 is 19.0 Å². The van der Waals surface area contributed by atoms with Crippen LogP contribution < -0.4 is 20.5 Å². The Morgan fingerprint density at radius 3 is 2.65 bits per heavy atom. The molecule has 1 unspecified atom stereocenters. The van der Waals surface area contributed by atoms with Crippen molar-refractivity contribution in [2.75, 3.05) is 27.4 Å². The van der Waals surface area contributed by atoms with E-state index in [2.05, 4.69) is 11.9 Å². The Hall–Kier alpha value is -1.76. The lowest BCUT2D eigenvalue weighted by atomic mass is 9.92. The van der Waals surface area contributed by atoms with E-state index < -0.39 is 6.04 Å². The summed E-state index contributed by atoms with van der Waals surface area (Å²) in [5.74, 6) is 1.37. The van der Waals surface area contributed by atoms with Crippen LogP contribution in [-0.2, 0) is 22.5 Å². The Morgan fingerprint density at radius 2 is 2.08 bits per heavy atom. The van der Waals surface area contributed by atoms with E-state index in [1.807, 2.05) is 12.1 Å². The van der Waals surface area contributed by atoms with E-state index in [-0.39, 0.29) is 24.2 Å². The van der Waals surface area contributed by atoms with Crippen LogP contribution in [0.5, 0.6) is 11.5 Å². The molecule has 0 aliphatic carbocycles. The van der Waals surface area contributed by atoms with Gasteiger partial charge < -0.3 is 25.3 Å². The van der Waals surface area contributed by atoms with Gasteiger partial charge in [0, 0.05) is 25.3 Å². The van der Waals surface area contributed by atoms with Gasteiger partial charge in [-0.3, -0.25) is 4.79 Å². The summed E-state index contributed by atoms with van der Waals surface area (Å²) in [6, 6.07) is 3.35. The first kappa shape index (κ1) is 22.3. The summed E-state index contributed by atoms with van der Waals surface area (Å²) in [7, 11) is 3.21. The zero-order chi connectivity index (χ0) is 18.2. The lowest BCUT2D eigenvalue weighted by Gasteiger charge is -2.26. The fourth-order valence-electron chi connectivity index (χ4n) is 3.11. The van der Waals surface area contributed by atoms with Crippen LogP contribution in [0.4, 0.5) is 0 Å². The first-order chi connectivity index (χ1) is 12.1. The van der Waals surface area contributed by atoms with Crippen molar-refractivity contribution in [3.63, 3.8) is 0 Å². The molecule has 0 aromatic heterocycles. The van der Waals surface area contributed by atoms with Gasteiger partial charge >= 0.3 is 0 Å². The number of ether oxygens (including phenoxy) is 3. The van der Waals surface area contributed by atoms with Crippen molar-refractivity contribution in [3.05, 3.63) is 35.9 Å². The fourth-order valence-corrected chi connectivity index (χ4v) is 3.11. The van der Waals surface area contributed by atoms with Crippen LogP contribution in [0.2, 0.25) is 0 Å². The van der Waals surface area contributed by atoms with Crippen molar-refractivity contribution >= 4 is 18.3 Å². The van der Waals surface area contributed by atoms with Gasteiger partial charge in [0.2, 0.25) is 5.91 Å². The predicted octanol–water partition coefficient (Wildman–Crippen LogP) is 2.22. The van der Waals surface area contributed by atoms with E-state index in [0.29, 0.717) is 37.7 Å². The predicted molar refractivity (Wildman–Crippen MR) is 104 cm³/mol. The lowest BCUT2D eigenvalue weighted by molar-refractivity contribution is -0.124. The molecule has 7 heteroatoms. The van der Waals surface area contributed by atoms with Gasteiger partial charge in [-0.2, -0.15) is 0 Å². The van der Waals surface area contributed by atoms with Crippen LogP contribution in [0, 0.1) is 5.92 Å². The first-order valence-corrected chi connectivity index (χ1v) is 8.56. The molecule has 0 bridgehead atoms. The molecule has 2 rings (SSSR count). The number of nitrogens with one attached hydrogen (secondary N) is 1. The number of halogens is 1. The number of hydrogen-bond acceptors (Lipinski definition) is 5. The molecule has 0 spiro atoms. The molecular weight excluding hydrogens is 356 g/mol. The van der Waals surface area contributed by atoms with Gasteiger partial charge in [-0.05, 0) is 42.9 Å². The van der Waals surface area contributed by atoms with E-state index in [1.54, 1.807) is 20.3 Å². The fraction of sp³-hybridized carbons (Fsp3) is 0.526. The zero-order valence-corrected chi connectivity index (χ0v) is 16.3. The molecule has 0 radical (unpaired) electrons. The highest BCUT2D eigenvalue weighted by atomic mass is 35.5. The number of amides is 1. The Morgan fingerprint density at radius 1 is 1.38 bits per heavy atom. The molecule has 1 aliphatic heterocycles. The van der Waals surface area contributed by atoms with Gasteiger partial charge in [0.15, 0.2) is 11.5 Å². The highest BCUT2D eigenvalue weighted by Gasteiger charge is 2.26. The smallest absolute Gasteiger partial charge is 0.237 e. The largest absolute Gasteiger partial charge is 0.493 e. The Bertz CT molecular complexity index is 603. The van der Waals surface area contributed by atoms with E-state index in [4.69, 9.17) is 19.9 Å². The number of nitrogens with two attached hydrogens (primary N) is 1. The van der Waals surface area contributed by atoms with Crippen molar-refractivity contribution in [1.29, 1.82) is 0 Å². The molecule has 3 N–H and O–H groups in total. The number of hydrogen-bond donors (Lipinski definition) is 2. The van der Waals surface area contributed by atoms with E-state index >= 15 is 0 Å². The third-order valence-corrected chi connectivity index (χ3v) is 4.52. The molecule has 1 aromatic rings. The summed E-state index contributed by atoms with van der Waals surface area (Å²) in [5, 5.41) is 2.93. The van der Waals surface area contributed by atoms with Crippen LogP contribution in [0.1, 0.15) is 24.0 Å². The minimum absolute atomic E-state index is 0. The van der Waals surface area contributed by atoms with Gasteiger partial charge in [0.25, 0.3) is 0 Å². The van der Waals surface area contributed by atoms with Gasteiger partial charge in [0.05, 0.1) is 20.3 Å². The standard InChI is InChI=1S/C19H28N2O4.ClH/c1-4-5-15-10-13(11-16(23-2)18(15)24-3)12-21-19(22)17(20)14-6-8-25-9-7-14;/h4,10-11,14,17H,1,5-9,12,20H2,2-3H3,(H,21,22);1H. The van der Waals surface area contributed by atoms with Gasteiger partial charge in [-0.15, -0.1) is 19.0 Å². The Balaban J connectivity index is 0.00000338. The number of benzene rings is 1. The molecule has 1 aromatic carbocycles. The second-order valence-corrected chi connectivity index (χ2v) is 6.18. The van der Waals surface area contributed by atoms with Crippen molar-refractivity contribution in [2.24, 2.45) is 11.7 Å². The molecule has 1 heterocycles. The second kappa shape index (κ2) is 11.1. The molecule has 6 nitrogen and oxygen atoms in total. The third kappa shape index (κ3) is 5.62. The zero-order valence-electron chi connectivity index (χ0n) is 15.5. The summed E-state index contributed by atoms with van der Waals surface area (Å²) in [6.45, 7) is 5.51. The van der Waals surface area contributed by atoms with Crippen LogP contribution in [-0.4, -0.2) is 39.4 Å². The van der Waals surface area contributed by atoms with Crippen LogP contribution in [0.3, 0.4) is 0 Å². The molecule has 1 fully saturated rings. The molecule has 26 heavy (non-hydrogen) atoms. The lowest BCUT2D eigenvalue weighted by Crippen LogP contribution is -2.46. The van der Waals surface area contributed by atoms with Gasteiger partial charge in [-0.1, -0.05) is 6.08 Å². The Labute approximate surface area is 161 Å². The average Bonchev–Trinajstić information content (AvgIpc) is 2.65. The Kier molecular flexibility index (Phi) is 9.48. The number of methoxy groups -OCH3 is 2. The average molecular weight is 385 g/mol. The molecule has 146 valence electrons. The molecule has 1 amide bonds. The number of carbonyl (C=O) groups excluding carboxylic acids is 1. The quantitative estimate of drug-likeness (QED) is 0.671. The van der Waals surface area contributed by atoms with E-state index in [0.717, 1.165) is 24.0 Å². The van der Waals surface area contributed by atoms with Crippen molar-refractivity contribution in [1.82, 2.24) is 5.32 Å². The third-order valence-electron chi connectivity index (χ3n) is 4.52. The number of allylic oxidation sites excluding steroid dienone is 1. The summed E-state index contributed by atoms with van der Waals surface area (Å²) < 4.78 is 16.2. The molecule has 1 saturated heterocycles. The molecular formula is C19H29ClN2O4. The monoisotopic (exact) mass is 384 g/mol. The SMILES string of the molecule is C=CCc1cc(CNC(=O)C(N)C2CCOCC2)cc(OC)c1OC.Cl. The number of carbonyl (C=O) groups is 1. The minimum Gasteiger partial charge on any atom is -0.493 e. The van der Waals surface area contributed by atoms with Crippen molar-refractivity contribution in [3.8, 4) is 11.5 Å². The summed E-state index contributed by atoms with van der Waals surface area (Å²) >= 11 is 0.